The summed E-state index contributed by atoms with van der Waals surface area (Å²) in [6, 6.07) is 14.5. The quantitative estimate of drug-likeness (QED) is 0.659. The lowest BCUT2D eigenvalue weighted by Crippen LogP contribution is -2.29. The van der Waals surface area contributed by atoms with E-state index in [-0.39, 0.29) is 5.91 Å². The molecule has 132 valence electrons. The Morgan fingerprint density at radius 1 is 1.15 bits per heavy atom. The Hall–Kier alpha value is -3.39. The van der Waals surface area contributed by atoms with E-state index in [1.165, 1.54) is 13.0 Å². The first-order valence-corrected chi connectivity index (χ1v) is 8.16. The first kappa shape index (κ1) is 18.9. The van der Waals surface area contributed by atoms with Gasteiger partial charge in [-0.2, -0.15) is 5.26 Å². The second-order valence-corrected chi connectivity index (χ2v) is 5.95. The smallest absolute Gasteiger partial charge is 0.331 e. The number of nitrogens with one attached hydrogen (secondary N) is 1. The number of hydrogen-bond acceptors (Lipinski definition) is 4. The number of carbonyl (C=O) groups excluding carboxylic acids is 2. The van der Waals surface area contributed by atoms with Gasteiger partial charge in [-0.15, -0.1) is 0 Å². The molecule has 0 saturated heterocycles. The van der Waals surface area contributed by atoms with Crippen LogP contribution in [0.15, 0.2) is 48.5 Å². The molecule has 0 aromatic heterocycles. The SMILES string of the molecule is Cc1ccc(C)c(NC(=O)[C@H](C)OC(=O)/C=C/c2ccc(C#N)cc2)c1. The number of nitriles is 1. The summed E-state index contributed by atoms with van der Waals surface area (Å²) in [7, 11) is 0. The first-order valence-electron chi connectivity index (χ1n) is 8.16. The minimum Gasteiger partial charge on any atom is -0.449 e. The highest BCUT2D eigenvalue weighted by molar-refractivity contribution is 5.97. The largest absolute Gasteiger partial charge is 0.449 e. The van der Waals surface area contributed by atoms with Gasteiger partial charge in [0.15, 0.2) is 6.10 Å². The maximum atomic E-state index is 12.2. The Bertz CT molecular complexity index is 877. The zero-order valence-corrected chi connectivity index (χ0v) is 14.9. The fraction of sp³-hybridized carbons (Fsp3) is 0.190. The van der Waals surface area contributed by atoms with Crippen LogP contribution in [0.1, 0.15) is 29.2 Å². The van der Waals surface area contributed by atoms with E-state index < -0.39 is 12.1 Å². The summed E-state index contributed by atoms with van der Waals surface area (Å²) >= 11 is 0. The predicted octanol–water partition coefficient (Wildman–Crippen LogP) is 3.76. The van der Waals surface area contributed by atoms with Crippen LogP contribution in [0.25, 0.3) is 6.08 Å². The zero-order chi connectivity index (χ0) is 19.1. The van der Waals surface area contributed by atoms with Gasteiger partial charge in [0.1, 0.15) is 0 Å². The third-order valence-corrected chi connectivity index (χ3v) is 3.76. The summed E-state index contributed by atoms with van der Waals surface area (Å²) in [6.07, 6.45) is 1.90. The number of anilines is 1. The molecule has 0 saturated carbocycles. The molecular weight excluding hydrogens is 328 g/mol. The van der Waals surface area contributed by atoms with Crippen LogP contribution in [-0.4, -0.2) is 18.0 Å². The number of ether oxygens (including phenoxy) is 1. The van der Waals surface area contributed by atoms with Gasteiger partial charge in [-0.1, -0.05) is 24.3 Å². The lowest BCUT2D eigenvalue weighted by Gasteiger charge is -2.14. The molecule has 0 spiro atoms. The fourth-order valence-corrected chi connectivity index (χ4v) is 2.20. The van der Waals surface area contributed by atoms with E-state index in [0.29, 0.717) is 11.3 Å². The van der Waals surface area contributed by atoms with E-state index in [2.05, 4.69) is 5.32 Å². The van der Waals surface area contributed by atoms with Gasteiger partial charge in [0, 0.05) is 11.8 Å². The Kier molecular flexibility index (Phi) is 6.29. The van der Waals surface area contributed by atoms with Crippen molar-refractivity contribution in [2.24, 2.45) is 0 Å². The zero-order valence-electron chi connectivity index (χ0n) is 14.9. The highest BCUT2D eigenvalue weighted by Crippen LogP contribution is 2.17. The lowest BCUT2D eigenvalue weighted by molar-refractivity contribution is -0.148. The van der Waals surface area contributed by atoms with Crippen LogP contribution in [0.3, 0.4) is 0 Å². The number of nitrogens with zero attached hydrogens (tertiary/aromatic N) is 1. The molecule has 1 N–H and O–H groups in total. The molecule has 5 heteroatoms. The molecule has 5 nitrogen and oxygen atoms in total. The second kappa shape index (κ2) is 8.63. The Balaban J connectivity index is 1.93. The van der Waals surface area contributed by atoms with Crippen molar-refractivity contribution in [2.45, 2.75) is 26.9 Å². The van der Waals surface area contributed by atoms with Crippen molar-refractivity contribution in [3.8, 4) is 6.07 Å². The minimum absolute atomic E-state index is 0.390. The summed E-state index contributed by atoms with van der Waals surface area (Å²) in [5.74, 6) is -1.00. The minimum atomic E-state index is -0.923. The van der Waals surface area contributed by atoms with E-state index >= 15 is 0 Å². The summed E-state index contributed by atoms with van der Waals surface area (Å²) in [5.41, 5.74) is 3.96. The number of esters is 1. The maximum absolute atomic E-state index is 12.2. The molecule has 2 rings (SSSR count). The van der Waals surface area contributed by atoms with Crippen molar-refractivity contribution >= 4 is 23.6 Å². The number of hydrogen-bond donors (Lipinski definition) is 1. The first-order chi connectivity index (χ1) is 12.4. The van der Waals surface area contributed by atoms with Gasteiger partial charge in [-0.3, -0.25) is 4.79 Å². The van der Waals surface area contributed by atoms with Crippen LogP contribution < -0.4 is 5.32 Å². The highest BCUT2D eigenvalue weighted by Gasteiger charge is 2.17. The summed E-state index contributed by atoms with van der Waals surface area (Å²) in [6.45, 7) is 5.35. The van der Waals surface area contributed by atoms with Gasteiger partial charge in [0.2, 0.25) is 0 Å². The van der Waals surface area contributed by atoms with Gasteiger partial charge in [-0.05, 0) is 61.7 Å². The van der Waals surface area contributed by atoms with E-state index in [9.17, 15) is 9.59 Å². The standard InChI is InChI=1S/C21H20N2O3/c1-14-4-5-15(2)19(12-14)23-21(25)16(3)26-20(24)11-10-17-6-8-18(13-22)9-7-17/h4-12,16H,1-3H3,(H,23,25)/b11-10+/t16-/m0/s1. The molecule has 0 radical (unpaired) electrons. The molecule has 2 aromatic rings. The monoisotopic (exact) mass is 348 g/mol. The topological polar surface area (TPSA) is 79.2 Å². The molecule has 26 heavy (non-hydrogen) atoms. The predicted molar refractivity (Wildman–Crippen MR) is 100 cm³/mol. The van der Waals surface area contributed by atoms with Gasteiger partial charge in [0.05, 0.1) is 11.6 Å². The fourth-order valence-electron chi connectivity index (χ4n) is 2.20. The Morgan fingerprint density at radius 2 is 1.85 bits per heavy atom. The average molecular weight is 348 g/mol. The lowest BCUT2D eigenvalue weighted by atomic mass is 10.1. The van der Waals surface area contributed by atoms with Crippen molar-refractivity contribution < 1.29 is 14.3 Å². The maximum Gasteiger partial charge on any atom is 0.331 e. The molecule has 0 aliphatic carbocycles. The van der Waals surface area contributed by atoms with Crippen LogP contribution in [0, 0.1) is 25.2 Å². The Morgan fingerprint density at radius 3 is 2.50 bits per heavy atom. The van der Waals surface area contributed by atoms with Crippen LogP contribution in [0.5, 0.6) is 0 Å². The highest BCUT2D eigenvalue weighted by atomic mass is 16.5. The Labute approximate surface area is 152 Å². The van der Waals surface area contributed by atoms with Crippen LogP contribution in [0.4, 0.5) is 5.69 Å². The van der Waals surface area contributed by atoms with Gasteiger partial charge in [0.25, 0.3) is 5.91 Å². The molecule has 1 amide bonds. The summed E-state index contributed by atoms with van der Waals surface area (Å²) in [5, 5.41) is 11.5. The molecule has 0 heterocycles. The average Bonchev–Trinajstić information content (AvgIpc) is 2.63. The van der Waals surface area contributed by atoms with E-state index in [1.807, 2.05) is 38.1 Å². The van der Waals surface area contributed by atoms with Crippen molar-refractivity contribution in [1.29, 1.82) is 5.26 Å². The molecule has 0 unspecified atom stereocenters. The van der Waals surface area contributed by atoms with Crippen molar-refractivity contribution in [1.82, 2.24) is 0 Å². The molecule has 0 bridgehead atoms. The third-order valence-electron chi connectivity index (χ3n) is 3.76. The third kappa shape index (κ3) is 5.32. The van der Waals surface area contributed by atoms with E-state index in [1.54, 1.807) is 30.3 Å². The normalized spacial score (nSPS) is 11.6. The molecule has 1 atom stereocenters. The van der Waals surface area contributed by atoms with Crippen molar-refractivity contribution in [2.75, 3.05) is 5.32 Å². The number of amides is 1. The molecule has 2 aromatic carbocycles. The van der Waals surface area contributed by atoms with E-state index in [4.69, 9.17) is 10.00 Å². The number of carbonyl (C=O) groups is 2. The van der Waals surface area contributed by atoms with E-state index in [0.717, 1.165) is 16.7 Å². The molecule has 0 aliphatic rings. The number of benzene rings is 2. The van der Waals surface area contributed by atoms with Gasteiger partial charge in [-0.25, -0.2) is 4.79 Å². The van der Waals surface area contributed by atoms with Crippen molar-refractivity contribution in [3.63, 3.8) is 0 Å². The number of rotatable bonds is 5. The van der Waals surface area contributed by atoms with Crippen LogP contribution in [0.2, 0.25) is 0 Å². The summed E-state index contributed by atoms with van der Waals surface area (Å²) in [4.78, 5) is 24.1. The molecule has 0 aliphatic heterocycles. The summed E-state index contributed by atoms with van der Waals surface area (Å²) < 4.78 is 5.13. The molecular formula is C21H20N2O3. The molecule has 0 fully saturated rings. The van der Waals surface area contributed by atoms with Crippen LogP contribution >= 0.6 is 0 Å². The number of aryl methyl sites for hydroxylation is 2. The van der Waals surface area contributed by atoms with Gasteiger partial charge >= 0.3 is 5.97 Å². The second-order valence-electron chi connectivity index (χ2n) is 5.95. The van der Waals surface area contributed by atoms with Gasteiger partial charge < -0.3 is 10.1 Å². The van der Waals surface area contributed by atoms with Crippen molar-refractivity contribution in [3.05, 3.63) is 70.8 Å². The van der Waals surface area contributed by atoms with Crippen LogP contribution in [-0.2, 0) is 14.3 Å².